The molecule has 2 aromatic carbocycles. The summed E-state index contributed by atoms with van der Waals surface area (Å²) < 4.78 is 8.72. The Morgan fingerprint density at radius 2 is 1.64 bits per heavy atom. The van der Waals surface area contributed by atoms with Gasteiger partial charge in [0.2, 0.25) is 0 Å². The number of pyridine rings is 1. The first-order valence-corrected chi connectivity index (χ1v) is 11.4. The molecule has 1 aliphatic heterocycles. The Labute approximate surface area is 195 Å². The maximum Gasteiger partial charge on any atom is 0.274 e. The summed E-state index contributed by atoms with van der Waals surface area (Å²) in [6.07, 6.45) is 0. The van der Waals surface area contributed by atoms with Crippen molar-refractivity contribution in [2.75, 3.05) is 26.3 Å². The van der Waals surface area contributed by atoms with E-state index in [2.05, 4.69) is 16.1 Å². The van der Waals surface area contributed by atoms with Crippen molar-refractivity contribution in [2.24, 2.45) is 0 Å². The van der Waals surface area contributed by atoms with Gasteiger partial charge in [0.15, 0.2) is 0 Å². The van der Waals surface area contributed by atoms with E-state index in [1.165, 1.54) is 11.6 Å². The number of hydrogen-bond acceptors (Lipinski definition) is 4. The molecule has 0 bridgehead atoms. The van der Waals surface area contributed by atoms with Gasteiger partial charge in [0.05, 0.1) is 41.4 Å². The SMILES string of the molecule is Cc1c2c(=O)[nH]n(-c3ccccc3Cl)c2cc(=O)n1Cc1ccccc1CN1CCOCC1. The normalized spacial score (nSPS) is 14.7. The topological polar surface area (TPSA) is 72.3 Å². The van der Waals surface area contributed by atoms with Crippen molar-refractivity contribution < 1.29 is 4.74 Å². The Hall–Kier alpha value is -3.13. The van der Waals surface area contributed by atoms with E-state index in [4.69, 9.17) is 16.3 Å². The van der Waals surface area contributed by atoms with Crippen LogP contribution in [-0.2, 0) is 17.8 Å². The van der Waals surface area contributed by atoms with Crippen LogP contribution in [0.2, 0.25) is 5.02 Å². The zero-order valence-corrected chi connectivity index (χ0v) is 19.1. The van der Waals surface area contributed by atoms with Crippen LogP contribution >= 0.6 is 11.6 Å². The molecule has 1 saturated heterocycles. The third kappa shape index (κ3) is 4.15. The van der Waals surface area contributed by atoms with Crippen LogP contribution in [0.25, 0.3) is 16.6 Å². The molecule has 1 N–H and O–H groups in total. The number of para-hydroxylation sites is 1. The largest absolute Gasteiger partial charge is 0.379 e. The Morgan fingerprint density at radius 3 is 2.36 bits per heavy atom. The quantitative estimate of drug-likeness (QED) is 0.492. The fourth-order valence-corrected chi connectivity index (χ4v) is 4.70. The number of nitrogens with one attached hydrogen (secondary N) is 1. The van der Waals surface area contributed by atoms with Crippen molar-refractivity contribution in [3.05, 3.63) is 97.1 Å². The third-order valence-electron chi connectivity index (χ3n) is 6.27. The summed E-state index contributed by atoms with van der Waals surface area (Å²) in [5.74, 6) is 0. The van der Waals surface area contributed by atoms with Crippen LogP contribution in [0.1, 0.15) is 16.8 Å². The summed E-state index contributed by atoms with van der Waals surface area (Å²) in [4.78, 5) is 28.5. The van der Waals surface area contributed by atoms with E-state index in [1.54, 1.807) is 21.4 Å². The zero-order chi connectivity index (χ0) is 22.9. The minimum Gasteiger partial charge on any atom is -0.379 e. The molecule has 3 heterocycles. The van der Waals surface area contributed by atoms with Crippen LogP contribution in [0.15, 0.2) is 64.2 Å². The highest BCUT2D eigenvalue weighted by Crippen LogP contribution is 2.23. The van der Waals surface area contributed by atoms with Gasteiger partial charge >= 0.3 is 0 Å². The van der Waals surface area contributed by atoms with Gasteiger partial charge in [0.25, 0.3) is 11.1 Å². The Balaban J connectivity index is 1.56. The van der Waals surface area contributed by atoms with Crippen molar-refractivity contribution >= 4 is 22.5 Å². The Kier molecular flexibility index (Phi) is 5.93. The molecule has 7 nitrogen and oxygen atoms in total. The lowest BCUT2D eigenvalue weighted by molar-refractivity contribution is 0.0340. The monoisotopic (exact) mass is 464 g/mol. The van der Waals surface area contributed by atoms with Crippen molar-refractivity contribution in [1.82, 2.24) is 19.2 Å². The third-order valence-corrected chi connectivity index (χ3v) is 6.59. The number of rotatable bonds is 5. The summed E-state index contributed by atoms with van der Waals surface area (Å²) in [5, 5.41) is 3.82. The van der Waals surface area contributed by atoms with Crippen LogP contribution in [0.4, 0.5) is 0 Å². The molecular formula is C25H25ClN4O3. The lowest BCUT2D eigenvalue weighted by atomic mass is 10.1. The van der Waals surface area contributed by atoms with Crippen LogP contribution < -0.4 is 11.1 Å². The van der Waals surface area contributed by atoms with Gasteiger partial charge in [-0.25, -0.2) is 0 Å². The molecule has 0 amide bonds. The molecule has 4 aromatic rings. The van der Waals surface area contributed by atoms with Crippen LogP contribution in [0.5, 0.6) is 0 Å². The highest BCUT2D eigenvalue weighted by molar-refractivity contribution is 6.32. The van der Waals surface area contributed by atoms with Crippen LogP contribution in [0.3, 0.4) is 0 Å². The molecule has 5 rings (SSSR count). The van der Waals surface area contributed by atoms with Crippen LogP contribution in [-0.4, -0.2) is 45.6 Å². The second-order valence-corrected chi connectivity index (χ2v) is 8.71. The molecule has 0 unspecified atom stereocenters. The number of aryl methyl sites for hydroxylation is 1. The van der Waals surface area contributed by atoms with Crippen molar-refractivity contribution in [1.29, 1.82) is 0 Å². The average molecular weight is 465 g/mol. The maximum absolute atomic E-state index is 13.2. The number of hydrogen-bond donors (Lipinski definition) is 1. The molecule has 0 radical (unpaired) electrons. The van der Waals surface area contributed by atoms with E-state index in [0.29, 0.717) is 33.9 Å². The highest BCUT2D eigenvalue weighted by Gasteiger charge is 2.18. The number of nitrogens with zero attached hydrogens (tertiary/aromatic N) is 3. The molecule has 0 aliphatic carbocycles. The number of ether oxygens (including phenoxy) is 1. The highest BCUT2D eigenvalue weighted by atomic mass is 35.5. The smallest absolute Gasteiger partial charge is 0.274 e. The lowest BCUT2D eigenvalue weighted by Crippen LogP contribution is -2.36. The molecule has 33 heavy (non-hydrogen) atoms. The summed E-state index contributed by atoms with van der Waals surface area (Å²) >= 11 is 6.35. The lowest BCUT2D eigenvalue weighted by Gasteiger charge is -2.27. The zero-order valence-electron chi connectivity index (χ0n) is 18.4. The van der Waals surface area contributed by atoms with Crippen molar-refractivity contribution in [2.45, 2.75) is 20.0 Å². The number of benzene rings is 2. The molecule has 0 spiro atoms. The first-order chi connectivity index (χ1) is 16.0. The Bertz CT molecular complexity index is 1430. The minimum atomic E-state index is -0.252. The second-order valence-electron chi connectivity index (χ2n) is 8.30. The molecule has 8 heteroatoms. The molecule has 1 aliphatic rings. The first kappa shape index (κ1) is 21.7. The second kappa shape index (κ2) is 9.02. The fraction of sp³-hybridized carbons (Fsp3) is 0.280. The summed E-state index contributed by atoms with van der Waals surface area (Å²) in [5.41, 5.74) is 3.60. The molecule has 1 fully saturated rings. The molecule has 0 saturated carbocycles. The molecule has 0 atom stereocenters. The van der Waals surface area contributed by atoms with Gasteiger partial charge in [-0.1, -0.05) is 48.0 Å². The van der Waals surface area contributed by atoms with Crippen LogP contribution in [0, 0.1) is 6.92 Å². The number of morpholine rings is 1. The number of fused-ring (bicyclic) bond motifs is 1. The number of aromatic amines is 1. The summed E-state index contributed by atoms with van der Waals surface area (Å²) in [6.45, 7) is 6.29. The van der Waals surface area contributed by atoms with E-state index in [0.717, 1.165) is 38.4 Å². The predicted octanol–water partition coefficient (Wildman–Crippen LogP) is 3.32. The van der Waals surface area contributed by atoms with E-state index >= 15 is 0 Å². The maximum atomic E-state index is 13.2. The summed E-state index contributed by atoms with van der Waals surface area (Å²) in [7, 11) is 0. The number of H-pyrrole nitrogens is 1. The molecular weight excluding hydrogens is 440 g/mol. The van der Waals surface area contributed by atoms with Gasteiger partial charge in [-0.15, -0.1) is 0 Å². The van der Waals surface area contributed by atoms with Crippen molar-refractivity contribution in [3.63, 3.8) is 0 Å². The van der Waals surface area contributed by atoms with Gasteiger partial charge in [0, 0.05) is 31.4 Å². The standard InChI is InChI=1S/C25H25ClN4O3/c1-17-24-22(30(27-25(24)32)21-9-5-4-8-20(21)26)14-23(31)29(17)16-19-7-3-2-6-18(19)15-28-10-12-33-13-11-28/h2-9,14H,10-13,15-16H2,1H3,(H,27,32). The van der Waals surface area contributed by atoms with E-state index in [9.17, 15) is 9.59 Å². The fourth-order valence-electron chi connectivity index (χ4n) is 4.48. The van der Waals surface area contributed by atoms with Gasteiger partial charge in [0.1, 0.15) is 0 Å². The van der Waals surface area contributed by atoms with E-state index in [1.807, 2.05) is 37.3 Å². The van der Waals surface area contributed by atoms with Gasteiger partial charge in [-0.05, 0) is 30.2 Å². The molecule has 2 aromatic heterocycles. The summed E-state index contributed by atoms with van der Waals surface area (Å²) in [6, 6.07) is 16.9. The number of aromatic nitrogens is 3. The van der Waals surface area contributed by atoms with Gasteiger partial charge in [-0.3, -0.25) is 24.3 Å². The van der Waals surface area contributed by atoms with E-state index < -0.39 is 0 Å². The Morgan fingerprint density at radius 1 is 0.970 bits per heavy atom. The van der Waals surface area contributed by atoms with E-state index in [-0.39, 0.29) is 11.1 Å². The minimum absolute atomic E-state index is 0.166. The van der Waals surface area contributed by atoms with Gasteiger partial charge < -0.3 is 9.30 Å². The average Bonchev–Trinajstić information content (AvgIpc) is 3.14. The first-order valence-electron chi connectivity index (χ1n) is 11.0. The number of halogens is 1. The van der Waals surface area contributed by atoms with Crippen molar-refractivity contribution in [3.8, 4) is 5.69 Å². The predicted molar refractivity (Wildman–Crippen MR) is 130 cm³/mol. The van der Waals surface area contributed by atoms with Gasteiger partial charge in [-0.2, -0.15) is 0 Å². The molecule has 170 valence electrons.